The van der Waals surface area contributed by atoms with Crippen molar-refractivity contribution in [3.8, 4) is 11.5 Å². The molecule has 2 aliphatic rings. The van der Waals surface area contributed by atoms with Crippen LogP contribution in [0.1, 0.15) is 10.4 Å². The number of amides is 1. The number of morpholine rings is 1. The van der Waals surface area contributed by atoms with Crippen LogP contribution in [0, 0.1) is 0 Å². The molecule has 1 amide bonds. The van der Waals surface area contributed by atoms with Crippen LogP contribution < -0.4 is 19.7 Å². The average molecular weight is 375 g/mol. The Morgan fingerprint density at radius 3 is 2.65 bits per heavy atom. The maximum atomic E-state index is 12.8. The molecule has 1 saturated heterocycles. The van der Waals surface area contributed by atoms with Crippen molar-refractivity contribution < 1.29 is 19.0 Å². The van der Waals surface area contributed by atoms with Gasteiger partial charge in [0.1, 0.15) is 13.2 Å². The van der Waals surface area contributed by atoms with Gasteiger partial charge in [0.2, 0.25) is 0 Å². The summed E-state index contributed by atoms with van der Waals surface area (Å²) >= 11 is 6.24. The second kappa shape index (κ2) is 7.43. The van der Waals surface area contributed by atoms with E-state index in [0.29, 0.717) is 48.5 Å². The Hall–Kier alpha value is -2.44. The van der Waals surface area contributed by atoms with Gasteiger partial charge in [-0.15, -0.1) is 0 Å². The van der Waals surface area contributed by atoms with Crippen LogP contribution in [-0.2, 0) is 4.74 Å². The SMILES string of the molecule is O=C(Nc1ccccc1N1CCOCC1)c1cc(Cl)c2c(c1)OCCO2. The maximum absolute atomic E-state index is 12.8. The van der Waals surface area contributed by atoms with E-state index in [-0.39, 0.29) is 5.91 Å². The Kier molecular flexibility index (Phi) is 4.86. The Morgan fingerprint density at radius 2 is 1.81 bits per heavy atom. The lowest BCUT2D eigenvalue weighted by atomic mass is 10.1. The summed E-state index contributed by atoms with van der Waals surface area (Å²) in [4.78, 5) is 15.0. The largest absolute Gasteiger partial charge is 0.486 e. The van der Waals surface area contributed by atoms with Gasteiger partial charge in [-0.1, -0.05) is 23.7 Å². The van der Waals surface area contributed by atoms with Crippen LogP contribution in [-0.4, -0.2) is 45.4 Å². The molecule has 1 fully saturated rings. The zero-order valence-corrected chi connectivity index (χ0v) is 14.9. The van der Waals surface area contributed by atoms with Crippen LogP contribution in [0.15, 0.2) is 36.4 Å². The molecule has 7 heteroatoms. The average Bonchev–Trinajstić information content (AvgIpc) is 2.69. The summed E-state index contributed by atoms with van der Waals surface area (Å²) in [5, 5.41) is 3.35. The van der Waals surface area contributed by atoms with E-state index < -0.39 is 0 Å². The lowest BCUT2D eigenvalue weighted by Crippen LogP contribution is -2.36. The van der Waals surface area contributed by atoms with Crippen LogP contribution in [0.25, 0.3) is 0 Å². The first-order chi connectivity index (χ1) is 12.7. The molecule has 0 atom stereocenters. The van der Waals surface area contributed by atoms with E-state index in [0.717, 1.165) is 24.5 Å². The topological polar surface area (TPSA) is 60.0 Å². The third-order valence-corrected chi connectivity index (χ3v) is 4.64. The second-order valence-corrected chi connectivity index (χ2v) is 6.46. The maximum Gasteiger partial charge on any atom is 0.255 e. The minimum absolute atomic E-state index is 0.246. The highest BCUT2D eigenvalue weighted by Crippen LogP contribution is 2.38. The van der Waals surface area contributed by atoms with Gasteiger partial charge < -0.3 is 24.4 Å². The molecule has 2 aromatic rings. The van der Waals surface area contributed by atoms with E-state index in [1.165, 1.54) is 0 Å². The molecule has 2 aliphatic heterocycles. The molecule has 0 saturated carbocycles. The summed E-state index contributed by atoms with van der Waals surface area (Å²) in [6.07, 6.45) is 0. The van der Waals surface area contributed by atoms with Crippen molar-refractivity contribution in [3.63, 3.8) is 0 Å². The highest BCUT2D eigenvalue weighted by Gasteiger charge is 2.21. The standard InChI is InChI=1S/C19H19ClN2O4/c20-14-11-13(12-17-18(14)26-10-9-25-17)19(23)21-15-3-1-2-4-16(15)22-5-7-24-8-6-22/h1-4,11-12H,5-10H2,(H,21,23). The number of benzene rings is 2. The van der Waals surface area contributed by atoms with Gasteiger partial charge >= 0.3 is 0 Å². The first kappa shape index (κ1) is 17.0. The molecule has 0 bridgehead atoms. The molecule has 136 valence electrons. The van der Waals surface area contributed by atoms with E-state index in [9.17, 15) is 4.79 Å². The molecule has 4 rings (SSSR count). The van der Waals surface area contributed by atoms with Gasteiger partial charge in [-0.05, 0) is 24.3 Å². The van der Waals surface area contributed by atoms with E-state index in [1.807, 2.05) is 24.3 Å². The summed E-state index contributed by atoms with van der Waals surface area (Å²) in [6, 6.07) is 11.0. The van der Waals surface area contributed by atoms with E-state index in [2.05, 4.69) is 10.2 Å². The van der Waals surface area contributed by atoms with Gasteiger partial charge in [0.25, 0.3) is 5.91 Å². The van der Waals surface area contributed by atoms with Crippen LogP contribution in [0.3, 0.4) is 0 Å². The number of hydrogen-bond donors (Lipinski definition) is 1. The minimum Gasteiger partial charge on any atom is -0.486 e. The normalized spacial score (nSPS) is 16.3. The number of ether oxygens (including phenoxy) is 3. The smallest absolute Gasteiger partial charge is 0.255 e. The zero-order chi connectivity index (χ0) is 17.9. The number of fused-ring (bicyclic) bond motifs is 1. The van der Waals surface area contributed by atoms with E-state index in [1.54, 1.807) is 12.1 Å². The van der Waals surface area contributed by atoms with Crippen molar-refractivity contribution in [3.05, 3.63) is 47.0 Å². The summed E-state index contributed by atoms with van der Waals surface area (Å²) in [7, 11) is 0. The third kappa shape index (κ3) is 3.43. The highest BCUT2D eigenvalue weighted by atomic mass is 35.5. The van der Waals surface area contributed by atoms with Gasteiger partial charge in [-0.25, -0.2) is 0 Å². The van der Waals surface area contributed by atoms with E-state index in [4.69, 9.17) is 25.8 Å². The van der Waals surface area contributed by atoms with Crippen LogP contribution in [0.5, 0.6) is 11.5 Å². The van der Waals surface area contributed by atoms with Gasteiger partial charge in [-0.2, -0.15) is 0 Å². The lowest BCUT2D eigenvalue weighted by molar-refractivity contribution is 0.102. The number of rotatable bonds is 3. The van der Waals surface area contributed by atoms with Crippen LogP contribution in [0.4, 0.5) is 11.4 Å². The lowest BCUT2D eigenvalue weighted by Gasteiger charge is -2.30. The Labute approximate surface area is 156 Å². The number of hydrogen-bond acceptors (Lipinski definition) is 5. The van der Waals surface area contributed by atoms with Crippen molar-refractivity contribution >= 4 is 28.9 Å². The first-order valence-corrected chi connectivity index (χ1v) is 8.92. The van der Waals surface area contributed by atoms with Crippen LogP contribution in [0.2, 0.25) is 5.02 Å². The van der Waals surface area contributed by atoms with Gasteiger partial charge in [0.05, 0.1) is 29.6 Å². The van der Waals surface area contributed by atoms with Crippen molar-refractivity contribution in [1.29, 1.82) is 0 Å². The molecule has 26 heavy (non-hydrogen) atoms. The summed E-state index contributed by atoms with van der Waals surface area (Å²) in [6.45, 7) is 3.84. The van der Waals surface area contributed by atoms with Gasteiger partial charge in [-0.3, -0.25) is 4.79 Å². The molecule has 0 unspecified atom stereocenters. The summed E-state index contributed by atoms with van der Waals surface area (Å²) in [5.41, 5.74) is 2.16. The van der Waals surface area contributed by atoms with Crippen molar-refractivity contribution in [2.75, 3.05) is 49.7 Å². The number of carbonyl (C=O) groups excluding carboxylic acids is 1. The fraction of sp³-hybridized carbons (Fsp3) is 0.316. The number of anilines is 2. The number of carbonyl (C=O) groups is 1. The molecule has 0 aliphatic carbocycles. The number of nitrogens with one attached hydrogen (secondary N) is 1. The molecular weight excluding hydrogens is 356 g/mol. The molecular formula is C19H19ClN2O4. The first-order valence-electron chi connectivity index (χ1n) is 8.54. The van der Waals surface area contributed by atoms with Crippen molar-refractivity contribution in [2.45, 2.75) is 0 Å². The Morgan fingerprint density at radius 1 is 1.04 bits per heavy atom. The molecule has 0 radical (unpaired) electrons. The Bertz CT molecular complexity index is 821. The van der Waals surface area contributed by atoms with Crippen LogP contribution >= 0.6 is 11.6 Å². The number of para-hydroxylation sites is 2. The Balaban J connectivity index is 1.58. The van der Waals surface area contributed by atoms with Gasteiger partial charge in [0, 0.05) is 18.7 Å². The number of halogens is 1. The second-order valence-electron chi connectivity index (χ2n) is 6.05. The van der Waals surface area contributed by atoms with Gasteiger partial charge in [0.15, 0.2) is 11.5 Å². The highest BCUT2D eigenvalue weighted by molar-refractivity contribution is 6.32. The molecule has 2 aromatic carbocycles. The fourth-order valence-electron chi connectivity index (χ4n) is 3.10. The minimum atomic E-state index is -0.246. The molecule has 0 aromatic heterocycles. The summed E-state index contributed by atoms with van der Waals surface area (Å²) in [5.74, 6) is 0.739. The van der Waals surface area contributed by atoms with E-state index >= 15 is 0 Å². The monoisotopic (exact) mass is 374 g/mol. The number of nitrogens with zero attached hydrogens (tertiary/aromatic N) is 1. The molecule has 0 spiro atoms. The third-order valence-electron chi connectivity index (χ3n) is 4.36. The van der Waals surface area contributed by atoms with Crippen molar-refractivity contribution in [1.82, 2.24) is 0 Å². The fourth-order valence-corrected chi connectivity index (χ4v) is 3.36. The molecule has 6 nitrogen and oxygen atoms in total. The quantitative estimate of drug-likeness (QED) is 0.894. The predicted octanol–water partition coefficient (Wildman–Crippen LogP) is 3.20. The predicted molar refractivity (Wildman–Crippen MR) is 99.9 cm³/mol. The summed E-state index contributed by atoms with van der Waals surface area (Å²) < 4.78 is 16.5. The molecule has 1 N–H and O–H groups in total. The zero-order valence-electron chi connectivity index (χ0n) is 14.2. The van der Waals surface area contributed by atoms with Crippen molar-refractivity contribution in [2.24, 2.45) is 0 Å². The molecule has 2 heterocycles.